The minimum atomic E-state index is -0.402. The van der Waals surface area contributed by atoms with E-state index in [1.165, 1.54) is 12.5 Å². The van der Waals surface area contributed by atoms with Crippen molar-refractivity contribution in [2.75, 3.05) is 6.54 Å². The normalized spacial score (nSPS) is 18.7. The lowest BCUT2D eigenvalue weighted by molar-refractivity contribution is 0.0603. The first-order valence-corrected chi connectivity index (χ1v) is 7.02. The van der Waals surface area contributed by atoms with E-state index < -0.39 is 5.56 Å². The minimum absolute atomic E-state index is 0.0617. The summed E-state index contributed by atoms with van der Waals surface area (Å²) in [5.41, 5.74) is 1.66. The average Bonchev–Trinajstić information content (AvgIpc) is 2.93. The van der Waals surface area contributed by atoms with Gasteiger partial charge in [0.25, 0.3) is 11.5 Å². The lowest BCUT2D eigenvalue weighted by Gasteiger charge is -2.35. The molecule has 21 heavy (non-hydrogen) atoms. The van der Waals surface area contributed by atoms with Crippen LogP contribution in [0.4, 0.5) is 0 Å². The van der Waals surface area contributed by atoms with Crippen LogP contribution >= 0.6 is 0 Å². The predicted molar refractivity (Wildman–Crippen MR) is 75.8 cm³/mol. The number of nitrogens with zero attached hydrogens (tertiary/aromatic N) is 3. The van der Waals surface area contributed by atoms with Gasteiger partial charge in [-0.15, -0.1) is 0 Å². The maximum Gasteiger partial charge on any atom is 0.263 e. The van der Waals surface area contributed by atoms with Gasteiger partial charge in [-0.1, -0.05) is 0 Å². The van der Waals surface area contributed by atoms with Gasteiger partial charge >= 0.3 is 0 Å². The molecule has 3 rings (SSSR count). The number of piperidine rings is 1. The van der Waals surface area contributed by atoms with Gasteiger partial charge in [0.2, 0.25) is 0 Å². The second-order valence-electron chi connectivity index (χ2n) is 5.27. The van der Waals surface area contributed by atoms with E-state index in [2.05, 4.69) is 20.2 Å². The third-order valence-corrected chi connectivity index (χ3v) is 3.91. The van der Waals surface area contributed by atoms with Crippen LogP contribution in [0.15, 0.2) is 23.5 Å². The third-order valence-electron chi connectivity index (χ3n) is 3.91. The second-order valence-corrected chi connectivity index (χ2v) is 5.27. The van der Waals surface area contributed by atoms with Crippen molar-refractivity contribution in [1.82, 2.24) is 25.1 Å². The Hall–Kier alpha value is -2.44. The molecular weight excluding hydrogens is 270 g/mol. The number of carbonyl (C=O) groups is 1. The summed E-state index contributed by atoms with van der Waals surface area (Å²) in [6.45, 7) is 2.60. The molecule has 0 aliphatic carbocycles. The molecular formula is C14H17N5O2. The summed E-state index contributed by atoms with van der Waals surface area (Å²) in [6, 6.07) is -0.0617. The van der Waals surface area contributed by atoms with Crippen molar-refractivity contribution in [3.63, 3.8) is 0 Å². The van der Waals surface area contributed by atoms with Crippen LogP contribution in [0.1, 0.15) is 46.9 Å². The van der Waals surface area contributed by atoms with Gasteiger partial charge in [0.05, 0.1) is 24.3 Å². The zero-order valence-corrected chi connectivity index (χ0v) is 11.8. The van der Waals surface area contributed by atoms with Gasteiger partial charge in [-0.05, 0) is 31.7 Å². The second kappa shape index (κ2) is 5.51. The molecule has 1 aliphatic heterocycles. The van der Waals surface area contributed by atoms with Crippen molar-refractivity contribution in [2.45, 2.75) is 32.2 Å². The highest BCUT2D eigenvalue weighted by Gasteiger charge is 2.31. The van der Waals surface area contributed by atoms with Crippen LogP contribution < -0.4 is 5.56 Å². The number of aromatic nitrogens is 4. The van der Waals surface area contributed by atoms with Gasteiger partial charge in [-0.3, -0.25) is 14.7 Å². The van der Waals surface area contributed by atoms with Gasteiger partial charge in [0.15, 0.2) is 0 Å². The first kappa shape index (κ1) is 13.5. The van der Waals surface area contributed by atoms with Gasteiger partial charge in [-0.2, -0.15) is 5.10 Å². The zero-order valence-electron chi connectivity index (χ0n) is 11.8. The molecule has 1 amide bonds. The molecule has 1 atom stereocenters. The van der Waals surface area contributed by atoms with Gasteiger partial charge in [-0.25, -0.2) is 4.98 Å². The number of hydrogen-bond donors (Lipinski definition) is 2. The first-order valence-electron chi connectivity index (χ1n) is 7.02. The van der Waals surface area contributed by atoms with Crippen LogP contribution in [0.5, 0.6) is 0 Å². The summed E-state index contributed by atoms with van der Waals surface area (Å²) in [5, 5.41) is 7.02. The monoisotopic (exact) mass is 287 g/mol. The Bertz CT molecular complexity index is 705. The van der Waals surface area contributed by atoms with E-state index >= 15 is 0 Å². The van der Waals surface area contributed by atoms with Crippen molar-refractivity contribution >= 4 is 5.91 Å². The summed E-state index contributed by atoms with van der Waals surface area (Å²) in [6.07, 6.45) is 7.22. The molecule has 1 aliphatic rings. The fourth-order valence-electron chi connectivity index (χ4n) is 2.82. The number of amides is 1. The smallest absolute Gasteiger partial charge is 0.263 e. The van der Waals surface area contributed by atoms with E-state index in [1.807, 2.05) is 6.92 Å². The zero-order chi connectivity index (χ0) is 14.8. The Labute approximate surface area is 121 Å². The van der Waals surface area contributed by atoms with Crippen molar-refractivity contribution in [3.05, 3.63) is 45.9 Å². The van der Waals surface area contributed by atoms with E-state index in [-0.39, 0.29) is 17.5 Å². The number of H-pyrrole nitrogens is 2. The van der Waals surface area contributed by atoms with E-state index in [0.717, 1.165) is 30.5 Å². The highest BCUT2D eigenvalue weighted by molar-refractivity contribution is 5.93. The number of nitrogens with one attached hydrogen (secondary N) is 2. The van der Waals surface area contributed by atoms with Crippen LogP contribution in [0.25, 0.3) is 0 Å². The van der Waals surface area contributed by atoms with E-state index in [4.69, 9.17) is 0 Å². The van der Waals surface area contributed by atoms with E-state index in [9.17, 15) is 9.59 Å². The minimum Gasteiger partial charge on any atom is -0.330 e. The molecule has 7 nitrogen and oxygen atoms in total. The average molecular weight is 287 g/mol. The molecule has 1 fully saturated rings. The molecule has 0 bridgehead atoms. The molecule has 2 aromatic heterocycles. The molecule has 0 spiro atoms. The van der Waals surface area contributed by atoms with Gasteiger partial charge in [0, 0.05) is 12.7 Å². The van der Waals surface area contributed by atoms with Crippen molar-refractivity contribution in [3.8, 4) is 0 Å². The van der Waals surface area contributed by atoms with Gasteiger partial charge < -0.3 is 9.88 Å². The Morgan fingerprint density at radius 1 is 1.38 bits per heavy atom. The molecule has 1 saturated heterocycles. The quantitative estimate of drug-likeness (QED) is 0.866. The van der Waals surface area contributed by atoms with E-state index in [0.29, 0.717) is 6.54 Å². The molecule has 1 unspecified atom stereocenters. The summed E-state index contributed by atoms with van der Waals surface area (Å²) >= 11 is 0. The van der Waals surface area contributed by atoms with Gasteiger partial charge in [0.1, 0.15) is 5.56 Å². The molecule has 3 heterocycles. The van der Waals surface area contributed by atoms with Crippen LogP contribution in [0.2, 0.25) is 0 Å². The van der Waals surface area contributed by atoms with Crippen molar-refractivity contribution < 1.29 is 4.79 Å². The Balaban J connectivity index is 1.95. The number of aromatic amines is 2. The Morgan fingerprint density at radius 2 is 2.24 bits per heavy atom. The lowest BCUT2D eigenvalue weighted by Crippen LogP contribution is -2.41. The van der Waals surface area contributed by atoms with Crippen LogP contribution in [-0.2, 0) is 0 Å². The topological polar surface area (TPSA) is 94.7 Å². The molecule has 0 aromatic carbocycles. The fourth-order valence-corrected chi connectivity index (χ4v) is 2.82. The molecule has 0 radical (unpaired) electrons. The molecule has 7 heteroatoms. The molecule has 110 valence electrons. The predicted octanol–water partition coefficient (Wildman–Crippen LogP) is 1.17. The number of hydrogen-bond acceptors (Lipinski definition) is 4. The number of aryl methyl sites for hydroxylation is 1. The fraction of sp³-hybridized carbons (Fsp3) is 0.429. The highest BCUT2D eigenvalue weighted by atomic mass is 16.2. The first-order chi connectivity index (χ1) is 10.2. The Morgan fingerprint density at radius 3 is 2.95 bits per heavy atom. The number of carbonyl (C=O) groups excluding carboxylic acids is 1. The summed E-state index contributed by atoms with van der Waals surface area (Å²) < 4.78 is 0. The lowest BCUT2D eigenvalue weighted by atomic mass is 9.96. The number of rotatable bonds is 2. The maximum absolute atomic E-state index is 12.7. The molecule has 2 N–H and O–H groups in total. The summed E-state index contributed by atoms with van der Waals surface area (Å²) in [4.78, 5) is 32.5. The standard InChI is InChI=1S/C14H17N5O2/c1-9-6-17-18-12(9)11-4-2-3-5-19(11)14(21)10-7-15-8-16-13(10)20/h6-8,11H,2-5H2,1H3,(H,17,18)(H,15,16,20). The van der Waals surface area contributed by atoms with Crippen LogP contribution in [0, 0.1) is 6.92 Å². The molecule has 2 aromatic rings. The van der Waals surface area contributed by atoms with Crippen molar-refractivity contribution in [2.24, 2.45) is 0 Å². The third kappa shape index (κ3) is 2.46. The summed E-state index contributed by atoms with van der Waals surface area (Å²) in [5.74, 6) is -0.275. The van der Waals surface area contributed by atoms with E-state index in [1.54, 1.807) is 11.1 Å². The largest absolute Gasteiger partial charge is 0.330 e. The Kier molecular flexibility index (Phi) is 3.55. The maximum atomic E-state index is 12.7. The van der Waals surface area contributed by atoms with Crippen LogP contribution in [0.3, 0.4) is 0 Å². The number of likely N-dealkylation sites (tertiary alicyclic amines) is 1. The van der Waals surface area contributed by atoms with Crippen LogP contribution in [-0.4, -0.2) is 37.5 Å². The van der Waals surface area contributed by atoms with Crippen molar-refractivity contribution in [1.29, 1.82) is 0 Å². The SMILES string of the molecule is Cc1cn[nH]c1C1CCCCN1C(=O)c1cnc[nH]c1=O. The summed E-state index contributed by atoms with van der Waals surface area (Å²) in [7, 11) is 0. The highest BCUT2D eigenvalue weighted by Crippen LogP contribution is 2.32. The molecule has 0 saturated carbocycles.